The number of hydrogen-bond acceptors (Lipinski definition) is 9. The lowest BCUT2D eigenvalue weighted by Crippen LogP contribution is -2.45. The number of methoxy groups -OCH3 is 1. The van der Waals surface area contributed by atoms with Crippen molar-refractivity contribution in [1.29, 1.82) is 0 Å². The van der Waals surface area contributed by atoms with Crippen LogP contribution in [0.25, 0.3) is 67.0 Å². The Hall–Kier alpha value is -6.04. The molecule has 1 saturated carbocycles. The van der Waals surface area contributed by atoms with Gasteiger partial charge in [0, 0.05) is 88.4 Å². The van der Waals surface area contributed by atoms with Crippen molar-refractivity contribution in [1.82, 2.24) is 43.0 Å². The Bertz CT molecular complexity index is 3190. The van der Waals surface area contributed by atoms with Crippen molar-refractivity contribution in [2.75, 3.05) is 53.6 Å². The highest BCUT2D eigenvalue weighted by Crippen LogP contribution is 2.38. The number of aldehydes is 1. The number of pyridine rings is 1. The van der Waals surface area contributed by atoms with E-state index in [1.54, 1.807) is 24.1 Å². The largest absolute Gasteiger partial charge is 0.383 e. The van der Waals surface area contributed by atoms with Crippen LogP contribution >= 0.6 is 11.6 Å². The highest BCUT2D eigenvalue weighted by atomic mass is 35.5. The quantitative estimate of drug-likeness (QED) is 0.0736. The van der Waals surface area contributed by atoms with Crippen molar-refractivity contribution < 1.29 is 23.1 Å². The van der Waals surface area contributed by atoms with Gasteiger partial charge in [-0.05, 0) is 111 Å². The minimum Gasteiger partial charge on any atom is -0.383 e. The number of aryl methyl sites for hydroxylation is 2. The molecule has 2 aliphatic rings. The third-order valence-electron chi connectivity index (χ3n) is 13.3. The van der Waals surface area contributed by atoms with Gasteiger partial charge in [-0.2, -0.15) is 0 Å². The second-order valence-corrected chi connectivity index (χ2v) is 18.9. The summed E-state index contributed by atoms with van der Waals surface area (Å²) in [5.41, 5.74) is 21.5. The van der Waals surface area contributed by atoms with Gasteiger partial charge in [0.15, 0.2) is 11.6 Å². The number of halogens is 3. The Morgan fingerprint density at radius 2 is 1.65 bits per heavy atom. The number of para-hydroxylation sites is 1. The number of imidazole rings is 2. The molecule has 0 bridgehead atoms. The molecule has 8 aromatic rings. The van der Waals surface area contributed by atoms with E-state index in [0.29, 0.717) is 53.8 Å². The zero-order valence-electron chi connectivity index (χ0n) is 39.2. The van der Waals surface area contributed by atoms with Crippen LogP contribution in [0.3, 0.4) is 0 Å². The molecule has 17 heteroatoms. The first-order chi connectivity index (χ1) is 32.8. The number of likely N-dealkylation sites (N-methyl/N-ethyl adjacent to an activating group) is 1. The van der Waals surface area contributed by atoms with Crippen molar-refractivity contribution >= 4 is 67.8 Å². The second-order valence-electron chi connectivity index (χ2n) is 18.5. The number of alkyl halides is 1. The van der Waals surface area contributed by atoms with Crippen LogP contribution < -0.4 is 11.5 Å². The van der Waals surface area contributed by atoms with Crippen LogP contribution in [0, 0.1) is 11.7 Å². The van der Waals surface area contributed by atoms with E-state index in [9.17, 15) is 18.4 Å². The van der Waals surface area contributed by atoms with Gasteiger partial charge in [-0.1, -0.05) is 23.7 Å². The van der Waals surface area contributed by atoms with Crippen LogP contribution in [0.15, 0.2) is 66.7 Å². The molecule has 0 spiro atoms. The minimum atomic E-state index is -0.674. The summed E-state index contributed by atoms with van der Waals surface area (Å²) in [7, 11) is 7.66. The van der Waals surface area contributed by atoms with Crippen molar-refractivity contribution in [2.24, 2.45) is 31.5 Å². The molecule has 2 atom stereocenters. The van der Waals surface area contributed by atoms with Gasteiger partial charge in [0.25, 0.3) is 5.91 Å². The van der Waals surface area contributed by atoms with Crippen molar-refractivity contribution in [2.45, 2.75) is 57.8 Å². The fourth-order valence-electron chi connectivity index (χ4n) is 9.61. The lowest BCUT2D eigenvalue weighted by atomic mass is 9.97. The molecule has 14 nitrogen and oxygen atoms in total. The van der Waals surface area contributed by atoms with Crippen LogP contribution in [-0.2, 0) is 44.8 Å². The summed E-state index contributed by atoms with van der Waals surface area (Å²) in [5.74, 6) is 1.79. The smallest absolute Gasteiger partial charge is 0.254 e. The van der Waals surface area contributed by atoms with Crippen molar-refractivity contribution in [3.8, 4) is 23.0 Å². The van der Waals surface area contributed by atoms with Crippen molar-refractivity contribution in [3.05, 3.63) is 100.0 Å². The second kappa shape index (κ2) is 19.5. The first-order valence-electron chi connectivity index (χ1n) is 23.2. The van der Waals surface area contributed by atoms with Crippen molar-refractivity contribution in [3.63, 3.8) is 0 Å². The van der Waals surface area contributed by atoms with Gasteiger partial charge in [-0.25, -0.2) is 23.7 Å². The van der Waals surface area contributed by atoms with E-state index in [2.05, 4.69) is 29.7 Å². The Morgan fingerprint density at radius 1 is 0.941 bits per heavy atom. The average molecular weight is 947 g/mol. The van der Waals surface area contributed by atoms with Gasteiger partial charge in [0.2, 0.25) is 0 Å². The number of nitrogens with zero attached hydrogens (tertiary/aromatic N) is 9. The summed E-state index contributed by atoms with van der Waals surface area (Å²) in [4.78, 5) is 43.1. The molecular weight excluding hydrogens is 888 g/mol. The predicted octanol–water partition coefficient (Wildman–Crippen LogP) is 7.56. The lowest BCUT2D eigenvalue weighted by molar-refractivity contribution is 0.0725. The highest BCUT2D eigenvalue weighted by Gasteiger charge is 2.29. The Kier molecular flexibility index (Phi) is 13.5. The van der Waals surface area contributed by atoms with Gasteiger partial charge in [-0.3, -0.25) is 9.59 Å². The highest BCUT2D eigenvalue weighted by molar-refractivity contribution is 6.29. The lowest BCUT2D eigenvalue weighted by Gasteiger charge is -2.30. The van der Waals surface area contributed by atoms with E-state index in [0.717, 1.165) is 105 Å². The van der Waals surface area contributed by atoms with Gasteiger partial charge in [0.05, 0.1) is 51.6 Å². The number of aromatic nitrogens is 7. The Labute approximate surface area is 398 Å². The zero-order chi connectivity index (χ0) is 48.0. The zero-order valence-corrected chi connectivity index (χ0v) is 39.9. The number of nitrogens with two attached hydrogens (primary N) is 2. The number of rotatable bonds is 16. The molecule has 68 heavy (non-hydrogen) atoms. The fraction of sp³-hybridized carbons (Fsp3) is 0.392. The minimum absolute atomic E-state index is 0.102. The molecule has 356 valence electrons. The van der Waals surface area contributed by atoms with Gasteiger partial charge in [0.1, 0.15) is 29.6 Å². The SMILES string of the molecule is CC(N)CN(C)CCc1cc2c(cc1C=O)nc(-c1cc3cccc(F)c3n1CC1CC1)n2C.COCCn1c(-c2nc3cc4c(cc3n2C)CCN(CC(N)CF)C4=O)cc2ccc(Cl)nc21. The number of benzene rings is 3. The molecule has 0 radical (unpaired) electrons. The van der Waals surface area contributed by atoms with Crippen LogP contribution in [0.2, 0.25) is 5.15 Å². The molecule has 10 rings (SSSR count). The van der Waals surface area contributed by atoms with Crippen LogP contribution in [0.4, 0.5) is 8.78 Å². The standard InChI is InChI=1S/C27H32FN5O.C24H26ClFN6O2/c1-17(29)14-31(2)10-9-19-12-24-23(11-21(19)16-34)30-27(32(24)3)25-13-20-5-4-6-22(28)26(20)33(25)15-18-7-8-18;1-30-19-9-14-5-6-31(13-16(27)12-26)24(33)17(14)11-18(19)28-23(30)20-10-15-3-4-21(25)29-22(15)32(20)7-8-34-2/h4-6,11-13,16-18H,7-10,14-15,29H2,1-3H3;3-4,9-11,16H,5-8,12-13,27H2,1-2H3. The molecule has 1 fully saturated rings. The van der Waals surface area contributed by atoms with Crippen LogP contribution in [0.5, 0.6) is 0 Å². The first-order valence-corrected chi connectivity index (χ1v) is 23.6. The monoisotopic (exact) mass is 945 g/mol. The van der Waals surface area contributed by atoms with E-state index in [1.165, 1.54) is 18.9 Å². The topological polar surface area (TPSA) is 160 Å². The molecule has 1 aliphatic carbocycles. The molecule has 1 aliphatic heterocycles. The van der Waals surface area contributed by atoms with E-state index in [-0.39, 0.29) is 24.3 Å². The number of carbonyl (C=O) groups excluding carboxylic acids is 2. The number of carbonyl (C=O) groups is 2. The summed E-state index contributed by atoms with van der Waals surface area (Å²) in [6.45, 7) is 5.56. The molecule has 1 amide bonds. The molecular formula is C51H58ClF2N11O3. The third-order valence-corrected chi connectivity index (χ3v) is 13.5. The maximum Gasteiger partial charge on any atom is 0.254 e. The van der Waals surface area contributed by atoms with Crippen LogP contribution in [0.1, 0.15) is 51.6 Å². The molecule has 6 heterocycles. The predicted molar refractivity (Wildman–Crippen MR) is 264 cm³/mol. The van der Waals surface area contributed by atoms with E-state index < -0.39 is 12.7 Å². The van der Waals surface area contributed by atoms with E-state index in [1.807, 2.05) is 75.1 Å². The summed E-state index contributed by atoms with van der Waals surface area (Å²) in [5, 5.41) is 2.26. The normalized spacial score (nSPS) is 14.9. The summed E-state index contributed by atoms with van der Waals surface area (Å²) in [6, 6.07) is 20.3. The third kappa shape index (κ3) is 9.27. The Balaban J connectivity index is 0.000000170. The maximum absolute atomic E-state index is 14.8. The fourth-order valence-corrected chi connectivity index (χ4v) is 9.75. The number of ether oxygens (including phenoxy) is 1. The van der Waals surface area contributed by atoms with Gasteiger partial charge in [-0.15, -0.1) is 0 Å². The molecule has 0 saturated heterocycles. The number of amides is 1. The van der Waals surface area contributed by atoms with E-state index >= 15 is 0 Å². The number of hydrogen-bond donors (Lipinski definition) is 2. The first kappa shape index (κ1) is 47.0. The average Bonchev–Trinajstić information content (AvgIpc) is 3.69. The van der Waals surface area contributed by atoms with Gasteiger partial charge >= 0.3 is 0 Å². The molecule has 5 aromatic heterocycles. The Morgan fingerprint density at radius 3 is 2.34 bits per heavy atom. The summed E-state index contributed by atoms with van der Waals surface area (Å²) >= 11 is 6.17. The van der Waals surface area contributed by atoms with Gasteiger partial charge < -0.3 is 44.3 Å². The summed E-state index contributed by atoms with van der Waals surface area (Å²) < 4.78 is 41.3. The maximum atomic E-state index is 14.8. The molecule has 3 aromatic carbocycles. The molecule has 4 N–H and O–H groups in total. The number of fused-ring (bicyclic) bond motifs is 5. The summed E-state index contributed by atoms with van der Waals surface area (Å²) in [6.07, 6.45) is 4.71. The van der Waals surface area contributed by atoms with E-state index in [4.69, 9.17) is 37.8 Å². The molecule has 2 unspecified atom stereocenters. The van der Waals surface area contributed by atoms with Crippen LogP contribution in [-0.4, -0.2) is 121 Å².